The van der Waals surface area contributed by atoms with Crippen LogP contribution in [0.25, 0.3) is 0 Å². The molecule has 0 saturated carbocycles. The molecule has 2 aliphatic heterocycles. The van der Waals surface area contributed by atoms with Gasteiger partial charge in [-0.3, -0.25) is 9.69 Å². The van der Waals surface area contributed by atoms with E-state index in [4.69, 9.17) is 9.47 Å². The van der Waals surface area contributed by atoms with Gasteiger partial charge in [-0.15, -0.1) is 0 Å². The maximum atomic E-state index is 13.1. The highest BCUT2D eigenvalue weighted by atomic mass is 16.6. The molecule has 0 aliphatic carbocycles. The van der Waals surface area contributed by atoms with Gasteiger partial charge >= 0.3 is 12.1 Å². The van der Waals surface area contributed by atoms with Crippen molar-refractivity contribution in [2.24, 2.45) is 0 Å². The van der Waals surface area contributed by atoms with Gasteiger partial charge < -0.3 is 19.4 Å². The van der Waals surface area contributed by atoms with Gasteiger partial charge in [-0.25, -0.2) is 14.6 Å². The Balaban J connectivity index is 1.59. The summed E-state index contributed by atoms with van der Waals surface area (Å²) in [5.74, 6) is -0.994. The average molecular weight is 398 g/mol. The largest absolute Gasteiger partial charge is 0.461 e. The zero-order valence-corrected chi connectivity index (χ0v) is 16.1. The van der Waals surface area contributed by atoms with E-state index in [9.17, 15) is 14.4 Å². The summed E-state index contributed by atoms with van der Waals surface area (Å²) in [7, 11) is 0. The fourth-order valence-electron chi connectivity index (χ4n) is 3.98. The van der Waals surface area contributed by atoms with Crippen LogP contribution in [0.15, 0.2) is 36.7 Å². The first-order valence-corrected chi connectivity index (χ1v) is 9.52. The van der Waals surface area contributed by atoms with Gasteiger partial charge in [0.05, 0.1) is 12.9 Å². The lowest BCUT2D eigenvalue weighted by Crippen LogP contribution is -2.63. The van der Waals surface area contributed by atoms with Crippen molar-refractivity contribution < 1.29 is 23.9 Å². The number of esters is 1. The number of fused-ring (bicyclic) bond motifs is 1. The highest BCUT2D eigenvalue weighted by Crippen LogP contribution is 2.33. The van der Waals surface area contributed by atoms with E-state index in [2.05, 4.69) is 9.97 Å². The third-order valence-corrected chi connectivity index (χ3v) is 5.32. The Morgan fingerprint density at radius 3 is 2.83 bits per heavy atom. The Morgan fingerprint density at radius 2 is 2.07 bits per heavy atom. The Hall–Kier alpha value is -3.36. The van der Waals surface area contributed by atoms with Crippen molar-refractivity contribution in [2.45, 2.75) is 18.9 Å². The van der Waals surface area contributed by atoms with Gasteiger partial charge in [-0.05, 0) is 12.5 Å². The molecule has 0 radical (unpaired) electrons. The number of rotatable bonds is 5. The first-order chi connectivity index (χ1) is 14.0. The van der Waals surface area contributed by atoms with E-state index in [1.807, 2.05) is 30.3 Å². The van der Waals surface area contributed by atoms with Gasteiger partial charge in [-0.2, -0.15) is 0 Å². The second kappa shape index (κ2) is 7.57. The molecular weight excluding hydrogens is 376 g/mol. The van der Waals surface area contributed by atoms with Gasteiger partial charge in [0.25, 0.3) is 5.91 Å². The highest BCUT2D eigenvalue weighted by Gasteiger charge is 2.51. The Kier molecular flexibility index (Phi) is 4.96. The molecule has 1 unspecified atom stereocenters. The number of nitrogens with one attached hydrogen (secondary N) is 1. The summed E-state index contributed by atoms with van der Waals surface area (Å²) in [6.07, 6.45) is 1.51. The topological polar surface area (TPSA) is 105 Å². The van der Waals surface area contributed by atoms with Crippen molar-refractivity contribution in [3.63, 3.8) is 0 Å². The molecular formula is C20H22N4O5. The zero-order valence-electron chi connectivity index (χ0n) is 16.1. The predicted octanol–water partition coefficient (Wildman–Crippen LogP) is 1.48. The first kappa shape index (κ1) is 19.0. The number of H-pyrrole nitrogens is 1. The smallest absolute Gasteiger partial charge is 0.410 e. The van der Waals surface area contributed by atoms with Crippen LogP contribution in [0.2, 0.25) is 0 Å². The molecule has 29 heavy (non-hydrogen) atoms. The number of nitrogens with zero attached hydrogens (tertiary/aromatic N) is 3. The molecule has 1 aromatic heterocycles. The molecule has 1 atom stereocenters. The normalized spacial score (nSPS) is 20.9. The summed E-state index contributed by atoms with van der Waals surface area (Å²) in [6, 6.07) is 9.79. The number of cyclic esters (lactones) is 1. The predicted molar refractivity (Wildman–Crippen MR) is 101 cm³/mol. The minimum Gasteiger partial charge on any atom is -0.461 e. The number of amides is 2. The number of aromatic nitrogens is 2. The molecule has 2 saturated heterocycles. The molecule has 2 amide bonds. The lowest BCUT2D eigenvalue weighted by molar-refractivity contribution is 0.0363. The summed E-state index contributed by atoms with van der Waals surface area (Å²) in [4.78, 5) is 47.6. The van der Waals surface area contributed by atoms with Crippen molar-refractivity contribution in [3.8, 4) is 0 Å². The number of aromatic amines is 1. The van der Waals surface area contributed by atoms with Crippen LogP contribution in [0, 0.1) is 0 Å². The van der Waals surface area contributed by atoms with Crippen molar-refractivity contribution in [1.82, 2.24) is 19.8 Å². The number of piperazine rings is 1. The van der Waals surface area contributed by atoms with E-state index in [0.717, 1.165) is 5.56 Å². The Labute approximate surface area is 167 Å². The lowest BCUT2D eigenvalue weighted by atomic mass is 9.88. The third-order valence-electron chi connectivity index (χ3n) is 5.32. The molecule has 2 aromatic rings. The van der Waals surface area contributed by atoms with Crippen LogP contribution in [-0.2, 0) is 15.9 Å². The fourth-order valence-corrected chi connectivity index (χ4v) is 3.98. The van der Waals surface area contributed by atoms with Crippen LogP contribution < -0.4 is 0 Å². The van der Waals surface area contributed by atoms with Crippen LogP contribution in [-0.4, -0.2) is 76.1 Å². The molecule has 152 valence electrons. The van der Waals surface area contributed by atoms with Crippen molar-refractivity contribution in [1.29, 1.82) is 0 Å². The number of carbonyl (C=O) groups excluding carboxylic acids is 3. The number of imidazole rings is 1. The molecule has 2 fully saturated rings. The van der Waals surface area contributed by atoms with Gasteiger partial charge in [-0.1, -0.05) is 30.3 Å². The monoisotopic (exact) mass is 398 g/mol. The van der Waals surface area contributed by atoms with Crippen molar-refractivity contribution >= 4 is 18.0 Å². The molecule has 2 aliphatic rings. The summed E-state index contributed by atoms with van der Waals surface area (Å²) in [5, 5.41) is 0. The quantitative estimate of drug-likeness (QED) is 0.765. The van der Waals surface area contributed by atoms with Gasteiger partial charge in [0.15, 0.2) is 11.4 Å². The minimum atomic E-state index is -0.646. The zero-order chi connectivity index (χ0) is 20.4. The lowest BCUT2D eigenvalue weighted by Gasteiger charge is -2.44. The molecule has 0 bridgehead atoms. The Bertz CT molecular complexity index is 928. The molecule has 3 heterocycles. The van der Waals surface area contributed by atoms with Crippen molar-refractivity contribution in [2.75, 3.05) is 32.8 Å². The molecule has 9 heteroatoms. The van der Waals surface area contributed by atoms with E-state index in [1.54, 1.807) is 16.7 Å². The second-order valence-corrected chi connectivity index (χ2v) is 7.17. The van der Waals surface area contributed by atoms with E-state index in [1.165, 1.54) is 6.33 Å². The standard InChI is InChI=1S/C20H22N4O5/c1-2-28-18(26)16-15(21-13-22-16)17(25)23-8-9-24-19(27)29-12-20(24,11-23)10-14-6-4-3-5-7-14/h3-7,13H,2,8-12H2,1H3,(H,21,22). The van der Waals surface area contributed by atoms with E-state index in [-0.39, 0.29) is 36.6 Å². The van der Waals surface area contributed by atoms with Crippen LogP contribution in [0.4, 0.5) is 4.79 Å². The highest BCUT2D eigenvalue weighted by molar-refractivity contribution is 6.03. The van der Waals surface area contributed by atoms with Crippen LogP contribution in [0.1, 0.15) is 33.5 Å². The maximum absolute atomic E-state index is 13.1. The number of ether oxygens (including phenoxy) is 2. The van der Waals surface area contributed by atoms with E-state index >= 15 is 0 Å². The van der Waals surface area contributed by atoms with Gasteiger partial charge in [0.2, 0.25) is 0 Å². The summed E-state index contributed by atoms with van der Waals surface area (Å²) in [5.41, 5.74) is 0.469. The molecule has 0 spiro atoms. The average Bonchev–Trinajstić information content (AvgIpc) is 3.33. The Morgan fingerprint density at radius 1 is 1.28 bits per heavy atom. The fraction of sp³-hybridized carbons (Fsp3) is 0.400. The van der Waals surface area contributed by atoms with Crippen LogP contribution in [0.3, 0.4) is 0 Å². The number of hydrogen-bond acceptors (Lipinski definition) is 6. The first-order valence-electron chi connectivity index (χ1n) is 9.52. The number of carbonyl (C=O) groups is 3. The SMILES string of the molecule is CCOC(=O)c1[nH]cnc1C(=O)N1CCN2C(=O)OCC2(Cc2ccccc2)C1. The van der Waals surface area contributed by atoms with Crippen molar-refractivity contribution in [3.05, 3.63) is 53.6 Å². The van der Waals surface area contributed by atoms with Crippen LogP contribution >= 0.6 is 0 Å². The summed E-state index contributed by atoms with van der Waals surface area (Å²) >= 11 is 0. The van der Waals surface area contributed by atoms with Gasteiger partial charge in [0.1, 0.15) is 12.1 Å². The molecule has 1 aromatic carbocycles. The number of hydrogen-bond donors (Lipinski definition) is 1. The summed E-state index contributed by atoms with van der Waals surface area (Å²) < 4.78 is 10.3. The summed E-state index contributed by atoms with van der Waals surface area (Å²) in [6.45, 7) is 3.08. The minimum absolute atomic E-state index is 0.0250. The maximum Gasteiger partial charge on any atom is 0.410 e. The van der Waals surface area contributed by atoms with E-state index < -0.39 is 11.5 Å². The molecule has 1 N–H and O–H groups in total. The van der Waals surface area contributed by atoms with Crippen LogP contribution in [0.5, 0.6) is 0 Å². The molecule has 4 rings (SSSR count). The molecule has 9 nitrogen and oxygen atoms in total. The third kappa shape index (κ3) is 3.43. The number of benzene rings is 1. The second-order valence-electron chi connectivity index (χ2n) is 7.17. The van der Waals surface area contributed by atoms with E-state index in [0.29, 0.717) is 26.1 Å². The van der Waals surface area contributed by atoms with Gasteiger partial charge in [0, 0.05) is 26.1 Å².